The minimum atomic E-state index is -0.538. The molecule has 0 N–H and O–H groups in total. The van der Waals surface area contributed by atoms with Gasteiger partial charge in [0.1, 0.15) is 0 Å². The number of nitrogens with zero attached hydrogens (tertiary/aromatic N) is 3. The number of likely N-dealkylation sites (tertiary alicyclic amines) is 2. The average Bonchev–Trinajstić information content (AvgIpc) is 2.68. The largest absolute Gasteiger partial charge is 0.339 e. The lowest BCUT2D eigenvalue weighted by Crippen LogP contribution is -2.51. The molecule has 1 spiro atoms. The summed E-state index contributed by atoms with van der Waals surface area (Å²) in [6, 6.07) is 12.2. The van der Waals surface area contributed by atoms with Crippen LogP contribution in [0.15, 0.2) is 48.8 Å². The molecule has 2 aliphatic heterocycles. The second kappa shape index (κ2) is 7.39. The van der Waals surface area contributed by atoms with E-state index in [0.717, 1.165) is 38.5 Å². The van der Waals surface area contributed by atoms with Gasteiger partial charge >= 0.3 is 0 Å². The van der Waals surface area contributed by atoms with E-state index in [1.807, 2.05) is 0 Å². The molecule has 4 nitrogen and oxygen atoms in total. The summed E-state index contributed by atoms with van der Waals surface area (Å²) in [6.45, 7) is 3.53. The van der Waals surface area contributed by atoms with Gasteiger partial charge in [-0.3, -0.25) is 9.78 Å². The van der Waals surface area contributed by atoms with Crippen LogP contribution in [0.3, 0.4) is 0 Å². The molecule has 0 saturated carbocycles. The first-order chi connectivity index (χ1) is 13.1. The zero-order valence-corrected chi connectivity index (χ0v) is 15.8. The highest BCUT2D eigenvalue weighted by molar-refractivity contribution is 5.94. The number of likely N-dealkylation sites (N-methyl/N-ethyl adjacent to an activating group) is 1. The van der Waals surface area contributed by atoms with Crippen LogP contribution in [-0.2, 0) is 0 Å². The maximum atomic E-state index is 13.9. The molecule has 2 aromatic rings. The highest BCUT2D eigenvalue weighted by Gasteiger charge is 2.42. The number of aromatic nitrogens is 1. The third kappa shape index (κ3) is 3.74. The van der Waals surface area contributed by atoms with Crippen LogP contribution in [0.25, 0.3) is 0 Å². The standard InChI is InChI=1S/C22H26FN3O/c1-25-15-18(17-5-3-2-4-6-17)13-22(16-25)8-11-26(12-9-22)21(27)19-7-10-24-14-20(19)23/h2-7,10,14,18H,8-9,11-13,15-16H2,1H3/t18-/m0/s1. The number of rotatable bonds is 2. The Balaban J connectivity index is 1.46. The van der Waals surface area contributed by atoms with Gasteiger partial charge < -0.3 is 9.80 Å². The van der Waals surface area contributed by atoms with Gasteiger partial charge in [0, 0.05) is 32.4 Å². The van der Waals surface area contributed by atoms with Crippen LogP contribution >= 0.6 is 0 Å². The first-order valence-electron chi connectivity index (χ1n) is 9.69. The highest BCUT2D eigenvalue weighted by atomic mass is 19.1. The Bertz CT molecular complexity index is 802. The maximum absolute atomic E-state index is 13.9. The van der Waals surface area contributed by atoms with Crippen LogP contribution in [0, 0.1) is 11.2 Å². The lowest BCUT2D eigenvalue weighted by molar-refractivity contribution is 0.0222. The van der Waals surface area contributed by atoms with E-state index >= 15 is 0 Å². The van der Waals surface area contributed by atoms with E-state index in [0.29, 0.717) is 19.0 Å². The average molecular weight is 367 g/mol. The quantitative estimate of drug-likeness (QED) is 0.814. The predicted molar refractivity (Wildman–Crippen MR) is 103 cm³/mol. The molecular formula is C22H26FN3O. The molecule has 0 bridgehead atoms. The fourth-order valence-electron chi connectivity index (χ4n) is 4.88. The molecule has 2 fully saturated rings. The molecule has 1 aromatic heterocycles. The van der Waals surface area contributed by atoms with Crippen molar-refractivity contribution < 1.29 is 9.18 Å². The van der Waals surface area contributed by atoms with Crippen molar-refractivity contribution in [2.75, 3.05) is 33.2 Å². The Hall–Kier alpha value is -2.27. The summed E-state index contributed by atoms with van der Waals surface area (Å²) in [5.74, 6) is -0.220. The number of hydrogen-bond donors (Lipinski definition) is 0. The lowest BCUT2D eigenvalue weighted by atomic mass is 9.68. The second-order valence-electron chi connectivity index (χ2n) is 8.16. The summed E-state index contributed by atoms with van der Waals surface area (Å²) in [7, 11) is 2.20. The van der Waals surface area contributed by atoms with E-state index in [2.05, 4.69) is 47.3 Å². The van der Waals surface area contributed by atoms with Crippen LogP contribution in [0.1, 0.15) is 41.1 Å². The van der Waals surface area contributed by atoms with E-state index in [1.54, 1.807) is 4.90 Å². The van der Waals surface area contributed by atoms with Crippen molar-refractivity contribution in [2.45, 2.75) is 25.2 Å². The zero-order valence-electron chi connectivity index (χ0n) is 15.8. The number of carbonyl (C=O) groups is 1. The van der Waals surface area contributed by atoms with Crippen molar-refractivity contribution in [3.05, 3.63) is 65.7 Å². The Morgan fingerprint density at radius 1 is 1.19 bits per heavy atom. The summed E-state index contributed by atoms with van der Waals surface area (Å²) >= 11 is 0. The molecule has 142 valence electrons. The second-order valence-corrected chi connectivity index (χ2v) is 8.16. The molecule has 1 atom stereocenters. The third-order valence-electron chi connectivity index (χ3n) is 6.20. The van der Waals surface area contributed by atoms with Gasteiger partial charge in [-0.15, -0.1) is 0 Å². The number of piperidine rings is 2. The van der Waals surface area contributed by atoms with E-state index in [-0.39, 0.29) is 16.9 Å². The molecule has 1 aromatic carbocycles. The lowest BCUT2D eigenvalue weighted by Gasteiger charge is -2.49. The summed E-state index contributed by atoms with van der Waals surface area (Å²) in [5, 5.41) is 0. The predicted octanol–water partition coefficient (Wildman–Crippen LogP) is 3.56. The Labute approximate surface area is 160 Å². The van der Waals surface area contributed by atoms with E-state index in [4.69, 9.17) is 0 Å². The molecule has 1 amide bonds. The van der Waals surface area contributed by atoms with Gasteiger partial charge in [0.15, 0.2) is 5.82 Å². The monoisotopic (exact) mass is 367 g/mol. The molecular weight excluding hydrogens is 341 g/mol. The fraction of sp³-hybridized carbons (Fsp3) is 0.455. The summed E-state index contributed by atoms with van der Waals surface area (Å²) in [5.41, 5.74) is 1.77. The van der Waals surface area contributed by atoms with Gasteiger partial charge in [0.25, 0.3) is 5.91 Å². The van der Waals surface area contributed by atoms with Gasteiger partial charge in [-0.05, 0) is 49.3 Å². The fourth-order valence-corrected chi connectivity index (χ4v) is 4.88. The minimum absolute atomic E-state index is 0.129. The van der Waals surface area contributed by atoms with Crippen molar-refractivity contribution in [2.24, 2.45) is 5.41 Å². The SMILES string of the molecule is CN1C[C@@H](c2ccccc2)CC2(CCN(C(=O)c3ccncc3F)CC2)C1. The number of amides is 1. The van der Waals surface area contributed by atoms with Crippen molar-refractivity contribution >= 4 is 5.91 Å². The maximum Gasteiger partial charge on any atom is 0.256 e. The molecule has 5 heteroatoms. The van der Waals surface area contributed by atoms with Gasteiger partial charge in [-0.1, -0.05) is 30.3 Å². The third-order valence-corrected chi connectivity index (χ3v) is 6.20. The summed E-state index contributed by atoms with van der Waals surface area (Å²) in [4.78, 5) is 20.7. The summed E-state index contributed by atoms with van der Waals surface area (Å²) in [6.07, 6.45) is 5.69. The molecule has 0 aliphatic carbocycles. The molecule has 2 saturated heterocycles. The van der Waals surface area contributed by atoms with Crippen molar-refractivity contribution in [3.8, 4) is 0 Å². The van der Waals surface area contributed by atoms with Crippen molar-refractivity contribution in [1.82, 2.24) is 14.8 Å². The van der Waals surface area contributed by atoms with Gasteiger partial charge in [-0.25, -0.2) is 4.39 Å². The van der Waals surface area contributed by atoms with Crippen molar-refractivity contribution in [1.29, 1.82) is 0 Å². The topological polar surface area (TPSA) is 36.4 Å². The van der Waals surface area contributed by atoms with Gasteiger partial charge in [0.2, 0.25) is 0 Å². The highest BCUT2D eigenvalue weighted by Crippen LogP contribution is 2.44. The number of carbonyl (C=O) groups excluding carboxylic acids is 1. The first kappa shape index (κ1) is 18.1. The van der Waals surface area contributed by atoms with Gasteiger partial charge in [-0.2, -0.15) is 0 Å². The van der Waals surface area contributed by atoms with Crippen LogP contribution in [0.2, 0.25) is 0 Å². The first-order valence-corrected chi connectivity index (χ1v) is 9.69. The molecule has 0 radical (unpaired) electrons. The molecule has 4 rings (SSSR count). The van der Waals surface area contributed by atoms with Crippen LogP contribution in [0.5, 0.6) is 0 Å². The van der Waals surface area contributed by atoms with Crippen LogP contribution in [-0.4, -0.2) is 53.9 Å². The molecule has 2 aliphatic rings. The Morgan fingerprint density at radius 2 is 1.93 bits per heavy atom. The van der Waals surface area contributed by atoms with E-state index in [1.165, 1.54) is 17.8 Å². The smallest absolute Gasteiger partial charge is 0.256 e. The molecule has 3 heterocycles. The number of benzene rings is 1. The molecule has 27 heavy (non-hydrogen) atoms. The summed E-state index contributed by atoms with van der Waals surface area (Å²) < 4.78 is 13.9. The van der Waals surface area contributed by atoms with Crippen molar-refractivity contribution in [3.63, 3.8) is 0 Å². The molecule has 0 unspecified atom stereocenters. The number of halogens is 1. The zero-order chi connectivity index (χ0) is 18.9. The number of pyridine rings is 1. The Morgan fingerprint density at radius 3 is 2.63 bits per heavy atom. The normalized spacial score (nSPS) is 22.7. The minimum Gasteiger partial charge on any atom is -0.339 e. The van der Waals surface area contributed by atoms with E-state index in [9.17, 15) is 9.18 Å². The van der Waals surface area contributed by atoms with E-state index < -0.39 is 5.82 Å². The van der Waals surface area contributed by atoms with Crippen LogP contribution < -0.4 is 0 Å². The van der Waals surface area contributed by atoms with Crippen LogP contribution in [0.4, 0.5) is 4.39 Å². The Kier molecular flexibility index (Phi) is 4.96. The van der Waals surface area contributed by atoms with Gasteiger partial charge in [0.05, 0.1) is 11.8 Å². The number of hydrogen-bond acceptors (Lipinski definition) is 3.